The second-order valence-corrected chi connectivity index (χ2v) is 6.54. The molecular formula is C22H26N2O. The molecule has 0 N–H and O–H groups in total. The summed E-state index contributed by atoms with van der Waals surface area (Å²) in [7, 11) is 0. The molecule has 0 aliphatic rings. The van der Waals surface area contributed by atoms with E-state index in [0.717, 1.165) is 17.8 Å². The third-order valence-electron chi connectivity index (χ3n) is 4.44. The Labute approximate surface area is 150 Å². The predicted molar refractivity (Wildman–Crippen MR) is 101 cm³/mol. The number of benzene rings is 2. The molecule has 2 aromatic carbocycles. The lowest BCUT2D eigenvalue weighted by Crippen LogP contribution is -1.90. The normalized spacial score (nSPS) is 10.9. The summed E-state index contributed by atoms with van der Waals surface area (Å²) in [6, 6.07) is 18.7. The molecule has 1 aromatic heterocycles. The zero-order valence-corrected chi connectivity index (χ0v) is 14.9. The first-order chi connectivity index (χ1) is 12.3. The first-order valence-corrected chi connectivity index (χ1v) is 9.31. The molecule has 3 rings (SSSR count). The van der Waals surface area contributed by atoms with E-state index in [4.69, 9.17) is 4.52 Å². The summed E-state index contributed by atoms with van der Waals surface area (Å²) in [6.45, 7) is 2.25. The average molecular weight is 334 g/mol. The second kappa shape index (κ2) is 9.16. The lowest BCUT2D eigenvalue weighted by Gasteiger charge is -2.02. The van der Waals surface area contributed by atoms with Crippen molar-refractivity contribution < 1.29 is 4.52 Å². The van der Waals surface area contributed by atoms with Gasteiger partial charge in [0.2, 0.25) is 0 Å². The van der Waals surface area contributed by atoms with E-state index in [2.05, 4.69) is 53.5 Å². The smallest absolute Gasteiger partial charge is 0.257 e. The van der Waals surface area contributed by atoms with Crippen molar-refractivity contribution in [1.29, 1.82) is 0 Å². The molecule has 0 aliphatic carbocycles. The monoisotopic (exact) mass is 334 g/mol. The van der Waals surface area contributed by atoms with Crippen LogP contribution in [0.4, 0.5) is 0 Å². The summed E-state index contributed by atoms with van der Waals surface area (Å²) in [6.07, 6.45) is 8.42. The Kier molecular flexibility index (Phi) is 6.38. The molecule has 0 unspecified atom stereocenters. The summed E-state index contributed by atoms with van der Waals surface area (Å²) >= 11 is 0. The van der Waals surface area contributed by atoms with Gasteiger partial charge in [-0.2, -0.15) is 4.98 Å². The van der Waals surface area contributed by atoms with Crippen LogP contribution in [0.3, 0.4) is 0 Å². The molecule has 0 saturated heterocycles. The maximum absolute atomic E-state index is 5.43. The van der Waals surface area contributed by atoms with Gasteiger partial charge in [0, 0.05) is 12.0 Å². The van der Waals surface area contributed by atoms with Crippen LogP contribution < -0.4 is 0 Å². The van der Waals surface area contributed by atoms with Gasteiger partial charge in [-0.25, -0.2) is 0 Å². The lowest BCUT2D eigenvalue weighted by atomic mass is 10.0. The first kappa shape index (κ1) is 17.4. The fourth-order valence-electron chi connectivity index (χ4n) is 2.97. The van der Waals surface area contributed by atoms with Gasteiger partial charge in [0.05, 0.1) is 0 Å². The maximum atomic E-state index is 5.43. The minimum absolute atomic E-state index is 0.598. The van der Waals surface area contributed by atoms with Gasteiger partial charge in [0.1, 0.15) is 0 Å². The SMILES string of the molecule is CCCCCCCc1ccc(-c2nc(Cc3ccccc3)no2)cc1. The van der Waals surface area contributed by atoms with Crippen LogP contribution in [-0.2, 0) is 12.8 Å². The van der Waals surface area contributed by atoms with Crippen LogP contribution in [0.25, 0.3) is 11.5 Å². The summed E-state index contributed by atoms with van der Waals surface area (Å²) < 4.78 is 5.43. The highest BCUT2D eigenvalue weighted by Gasteiger charge is 2.09. The van der Waals surface area contributed by atoms with Crippen molar-refractivity contribution in [3.05, 3.63) is 71.5 Å². The quantitative estimate of drug-likeness (QED) is 0.461. The Morgan fingerprint density at radius 2 is 1.56 bits per heavy atom. The van der Waals surface area contributed by atoms with Gasteiger partial charge >= 0.3 is 0 Å². The number of hydrogen-bond acceptors (Lipinski definition) is 3. The van der Waals surface area contributed by atoms with E-state index in [-0.39, 0.29) is 0 Å². The molecule has 0 fully saturated rings. The third-order valence-corrected chi connectivity index (χ3v) is 4.44. The van der Waals surface area contributed by atoms with Gasteiger partial charge in [-0.3, -0.25) is 0 Å². The standard InChI is InChI=1S/C22H26N2O/c1-2-3-4-5-7-10-18-13-15-20(16-14-18)22-23-21(24-25-22)17-19-11-8-6-9-12-19/h6,8-9,11-16H,2-5,7,10,17H2,1H3. The Balaban J connectivity index is 1.55. The van der Waals surface area contributed by atoms with Crippen LogP contribution >= 0.6 is 0 Å². The minimum Gasteiger partial charge on any atom is -0.334 e. The van der Waals surface area contributed by atoms with Crippen LogP contribution in [0, 0.1) is 0 Å². The molecule has 25 heavy (non-hydrogen) atoms. The van der Waals surface area contributed by atoms with Gasteiger partial charge in [0.15, 0.2) is 5.82 Å². The molecule has 1 heterocycles. The highest BCUT2D eigenvalue weighted by atomic mass is 16.5. The predicted octanol–water partition coefficient (Wildman–Crippen LogP) is 5.84. The first-order valence-electron chi connectivity index (χ1n) is 9.31. The van der Waals surface area contributed by atoms with Crippen LogP contribution in [0.15, 0.2) is 59.1 Å². The van der Waals surface area contributed by atoms with Gasteiger partial charge < -0.3 is 4.52 Å². The number of rotatable bonds is 9. The molecule has 0 amide bonds. The van der Waals surface area contributed by atoms with E-state index in [9.17, 15) is 0 Å². The largest absolute Gasteiger partial charge is 0.334 e. The van der Waals surface area contributed by atoms with Crippen LogP contribution in [0.1, 0.15) is 56.0 Å². The Bertz CT molecular complexity index is 747. The zero-order chi connectivity index (χ0) is 17.3. The van der Waals surface area contributed by atoms with Crippen LogP contribution in [0.2, 0.25) is 0 Å². The summed E-state index contributed by atoms with van der Waals surface area (Å²) in [5, 5.41) is 4.10. The highest BCUT2D eigenvalue weighted by Crippen LogP contribution is 2.20. The molecule has 130 valence electrons. The molecule has 3 heteroatoms. The Morgan fingerprint density at radius 1 is 0.800 bits per heavy atom. The van der Waals surface area contributed by atoms with Crippen molar-refractivity contribution >= 4 is 0 Å². The second-order valence-electron chi connectivity index (χ2n) is 6.54. The maximum Gasteiger partial charge on any atom is 0.257 e. The molecule has 0 radical (unpaired) electrons. The summed E-state index contributed by atoms with van der Waals surface area (Å²) in [4.78, 5) is 4.52. The fraction of sp³-hybridized carbons (Fsp3) is 0.364. The van der Waals surface area contributed by atoms with Crippen molar-refractivity contribution in [2.45, 2.75) is 51.9 Å². The topological polar surface area (TPSA) is 38.9 Å². The number of nitrogens with zero attached hydrogens (tertiary/aromatic N) is 2. The van der Waals surface area contributed by atoms with Crippen molar-refractivity contribution in [1.82, 2.24) is 10.1 Å². The van der Waals surface area contributed by atoms with Crippen LogP contribution in [-0.4, -0.2) is 10.1 Å². The molecule has 0 atom stereocenters. The fourth-order valence-corrected chi connectivity index (χ4v) is 2.97. The van der Waals surface area contributed by atoms with Crippen molar-refractivity contribution in [3.63, 3.8) is 0 Å². The summed E-state index contributed by atoms with van der Waals surface area (Å²) in [5.74, 6) is 1.32. The number of aryl methyl sites for hydroxylation is 1. The van der Waals surface area contributed by atoms with Gasteiger partial charge in [-0.15, -0.1) is 0 Å². The van der Waals surface area contributed by atoms with E-state index in [1.54, 1.807) is 0 Å². The molecular weight excluding hydrogens is 308 g/mol. The van der Waals surface area contributed by atoms with Crippen molar-refractivity contribution in [3.8, 4) is 11.5 Å². The zero-order valence-electron chi connectivity index (χ0n) is 14.9. The van der Waals surface area contributed by atoms with E-state index >= 15 is 0 Å². The number of aromatic nitrogens is 2. The van der Waals surface area contributed by atoms with Crippen LogP contribution in [0.5, 0.6) is 0 Å². The number of hydrogen-bond donors (Lipinski definition) is 0. The van der Waals surface area contributed by atoms with E-state index in [0.29, 0.717) is 12.3 Å². The molecule has 3 aromatic rings. The molecule has 3 nitrogen and oxygen atoms in total. The van der Waals surface area contributed by atoms with Crippen molar-refractivity contribution in [2.75, 3.05) is 0 Å². The summed E-state index contributed by atoms with van der Waals surface area (Å²) in [5.41, 5.74) is 3.55. The van der Waals surface area contributed by atoms with Gasteiger partial charge in [-0.1, -0.05) is 80.2 Å². The van der Waals surface area contributed by atoms with Gasteiger partial charge in [0.25, 0.3) is 5.89 Å². The highest BCUT2D eigenvalue weighted by molar-refractivity contribution is 5.53. The molecule has 0 aliphatic heterocycles. The molecule has 0 saturated carbocycles. The number of unbranched alkanes of at least 4 members (excludes halogenated alkanes) is 4. The van der Waals surface area contributed by atoms with E-state index in [1.165, 1.54) is 43.2 Å². The molecule has 0 bridgehead atoms. The van der Waals surface area contributed by atoms with Gasteiger partial charge in [-0.05, 0) is 36.1 Å². The lowest BCUT2D eigenvalue weighted by molar-refractivity contribution is 0.424. The minimum atomic E-state index is 0.598. The van der Waals surface area contributed by atoms with Crippen molar-refractivity contribution in [2.24, 2.45) is 0 Å². The molecule has 0 spiro atoms. The van der Waals surface area contributed by atoms with E-state index in [1.807, 2.05) is 18.2 Å². The Morgan fingerprint density at radius 3 is 2.32 bits per heavy atom. The Hall–Kier alpha value is -2.42. The average Bonchev–Trinajstić information content (AvgIpc) is 3.11. The third kappa shape index (κ3) is 5.28. The van der Waals surface area contributed by atoms with E-state index < -0.39 is 0 Å².